The zero-order valence-electron chi connectivity index (χ0n) is 13.6. The summed E-state index contributed by atoms with van der Waals surface area (Å²) in [6.07, 6.45) is 2.08. The number of rotatable bonds is 4. The van der Waals surface area contributed by atoms with Gasteiger partial charge in [-0.05, 0) is 18.6 Å². The first-order valence-corrected chi connectivity index (χ1v) is 8.33. The van der Waals surface area contributed by atoms with Gasteiger partial charge in [0.1, 0.15) is 17.2 Å². The summed E-state index contributed by atoms with van der Waals surface area (Å²) >= 11 is 0. The molecule has 3 aromatic rings. The molecule has 0 saturated heterocycles. The second kappa shape index (κ2) is 5.81. The molecule has 5 heteroatoms. The lowest BCUT2D eigenvalue weighted by Gasteiger charge is -2.23. The van der Waals surface area contributed by atoms with Crippen LogP contribution in [0.3, 0.4) is 0 Å². The molecule has 0 saturated carbocycles. The van der Waals surface area contributed by atoms with Gasteiger partial charge in [-0.25, -0.2) is 9.67 Å². The maximum atomic E-state index is 5.87. The highest BCUT2D eigenvalue weighted by Crippen LogP contribution is 2.20. The van der Waals surface area contributed by atoms with E-state index >= 15 is 0 Å². The Morgan fingerprint density at radius 3 is 3.04 bits per heavy atom. The van der Waals surface area contributed by atoms with E-state index in [2.05, 4.69) is 46.1 Å². The lowest BCUT2D eigenvalue weighted by atomic mass is 10.1. The molecule has 120 valence electrons. The van der Waals surface area contributed by atoms with Crippen molar-refractivity contribution in [1.29, 1.82) is 0 Å². The van der Waals surface area contributed by atoms with Crippen LogP contribution in [-0.2, 0) is 19.5 Å². The van der Waals surface area contributed by atoms with Gasteiger partial charge in [0, 0.05) is 23.8 Å². The van der Waals surface area contributed by atoms with Crippen LogP contribution >= 0.6 is 0 Å². The number of furan rings is 1. The highest BCUT2D eigenvalue weighted by atomic mass is 16.3. The molecule has 5 nitrogen and oxygen atoms in total. The van der Waals surface area contributed by atoms with Crippen molar-refractivity contribution >= 4 is 11.0 Å². The van der Waals surface area contributed by atoms with Crippen LogP contribution in [0.2, 0.25) is 0 Å². The van der Waals surface area contributed by atoms with E-state index in [4.69, 9.17) is 4.42 Å². The van der Waals surface area contributed by atoms with Crippen molar-refractivity contribution in [2.75, 3.05) is 0 Å². The summed E-state index contributed by atoms with van der Waals surface area (Å²) in [6, 6.07) is 10.7. The lowest BCUT2D eigenvalue weighted by Crippen LogP contribution is -2.37. The van der Waals surface area contributed by atoms with E-state index in [0.29, 0.717) is 12.0 Å². The van der Waals surface area contributed by atoms with Crippen LogP contribution in [0.15, 0.2) is 34.7 Å². The minimum absolute atomic E-state index is 0.384. The molecule has 1 N–H and O–H groups in total. The number of nitrogens with one attached hydrogen (secondary N) is 1. The standard InChI is InChI=1S/C18H22N4O/c1-12(2)18-20-17-8-7-14(11-22(17)21-18)19-10-15-9-13-5-3-4-6-16(13)23-15/h3-6,9,12,14,19H,7-8,10-11H2,1-2H3/t14-/m0/s1. The number of nitrogens with zero attached hydrogens (tertiary/aromatic N) is 3. The Kier molecular flexibility index (Phi) is 3.65. The van der Waals surface area contributed by atoms with Crippen molar-refractivity contribution in [3.8, 4) is 0 Å². The Hall–Kier alpha value is -2.14. The second-order valence-electron chi connectivity index (χ2n) is 6.59. The van der Waals surface area contributed by atoms with Crippen LogP contribution in [0, 0.1) is 0 Å². The quantitative estimate of drug-likeness (QED) is 0.803. The average Bonchev–Trinajstić information content (AvgIpc) is 3.15. The van der Waals surface area contributed by atoms with E-state index in [9.17, 15) is 0 Å². The predicted molar refractivity (Wildman–Crippen MR) is 89.3 cm³/mol. The van der Waals surface area contributed by atoms with E-state index in [1.54, 1.807) is 0 Å². The Morgan fingerprint density at radius 2 is 2.22 bits per heavy atom. The lowest BCUT2D eigenvalue weighted by molar-refractivity contribution is 0.346. The summed E-state index contributed by atoms with van der Waals surface area (Å²) in [4.78, 5) is 4.64. The Bertz CT molecular complexity index is 784. The maximum absolute atomic E-state index is 5.87. The van der Waals surface area contributed by atoms with Gasteiger partial charge >= 0.3 is 0 Å². The maximum Gasteiger partial charge on any atom is 0.153 e. The average molecular weight is 310 g/mol. The van der Waals surface area contributed by atoms with E-state index in [1.807, 2.05) is 18.2 Å². The number of aromatic nitrogens is 3. The topological polar surface area (TPSA) is 55.9 Å². The minimum Gasteiger partial charge on any atom is -0.460 e. The summed E-state index contributed by atoms with van der Waals surface area (Å²) in [5.41, 5.74) is 0.952. The van der Waals surface area contributed by atoms with Gasteiger partial charge in [-0.3, -0.25) is 0 Å². The van der Waals surface area contributed by atoms with Gasteiger partial charge in [0.05, 0.1) is 13.1 Å². The Morgan fingerprint density at radius 1 is 1.35 bits per heavy atom. The number of hydrogen-bond donors (Lipinski definition) is 1. The Balaban J connectivity index is 1.41. The molecule has 23 heavy (non-hydrogen) atoms. The monoisotopic (exact) mass is 310 g/mol. The molecular formula is C18H22N4O. The van der Waals surface area contributed by atoms with E-state index in [1.165, 1.54) is 0 Å². The van der Waals surface area contributed by atoms with Crippen LogP contribution in [0.5, 0.6) is 0 Å². The number of benzene rings is 1. The van der Waals surface area contributed by atoms with Crippen LogP contribution in [-0.4, -0.2) is 20.8 Å². The highest BCUT2D eigenvalue weighted by molar-refractivity contribution is 5.77. The van der Waals surface area contributed by atoms with E-state index < -0.39 is 0 Å². The minimum atomic E-state index is 0.384. The van der Waals surface area contributed by atoms with Gasteiger partial charge in [0.25, 0.3) is 0 Å². The van der Waals surface area contributed by atoms with Crippen molar-refractivity contribution in [2.24, 2.45) is 0 Å². The molecule has 1 aliphatic rings. The fourth-order valence-corrected chi connectivity index (χ4v) is 3.11. The first-order valence-electron chi connectivity index (χ1n) is 8.33. The number of aryl methyl sites for hydroxylation is 1. The molecule has 3 heterocycles. The van der Waals surface area contributed by atoms with Gasteiger partial charge in [0.2, 0.25) is 0 Å². The molecule has 1 aromatic carbocycles. The van der Waals surface area contributed by atoms with Crippen molar-refractivity contribution in [2.45, 2.75) is 51.7 Å². The highest BCUT2D eigenvalue weighted by Gasteiger charge is 2.22. The molecule has 0 bridgehead atoms. The summed E-state index contributed by atoms with van der Waals surface area (Å²) in [7, 11) is 0. The third-order valence-corrected chi connectivity index (χ3v) is 4.43. The molecule has 0 fully saturated rings. The summed E-state index contributed by atoms with van der Waals surface area (Å²) < 4.78 is 7.93. The number of fused-ring (bicyclic) bond motifs is 2. The van der Waals surface area contributed by atoms with Crippen molar-refractivity contribution in [3.05, 3.63) is 47.7 Å². The van der Waals surface area contributed by atoms with Crippen molar-refractivity contribution in [1.82, 2.24) is 20.1 Å². The normalized spacial score (nSPS) is 17.8. The first-order chi connectivity index (χ1) is 11.2. The smallest absolute Gasteiger partial charge is 0.153 e. The van der Waals surface area contributed by atoms with Crippen LogP contribution in [0.4, 0.5) is 0 Å². The first kappa shape index (κ1) is 14.5. The van der Waals surface area contributed by atoms with Gasteiger partial charge < -0.3 is 9.73 Å². The summed E-state index contributed by atoms with van der Waals surface area (Å²) in [5.74, 6) is 3.45. The number of hydrogen-bond acceptors (Lipinski definition) is 4. The molecule has 0 aliphatic carbocycles. The van der Waals surface area contributed by atoms with Crippen molar-refractivity contribution < 1.29 is 4.42 Å². The predicted octanol–water partition coefficient (Wildman–Crippen LogP) is 3.25. The SMILES string of the molecule is CC(C)c1nc2n(n1)C[C@@H](NCc1cc3ccccc3o1)CC2. The second-order valence-corrected chi connectivity index (χ2v) is 6.59. The fraction of sp³-hybridized carbons (Fsp3) is 0.444. The Labute approximate surface area is 135 Å². The van der Waals surface area contributed by atoms with E-state index in [-0.39, 0.29) is 0 Å². The molecular weight excluding hydrogens is 288 g/mol. The molecule has 1 aliphatic heterocycles. The third-order valence-electron chi connectivity index (χ3n) is 4.43. The fourth-order valence-electron chi connectivity index (χ4n) is 3.11. The van der Waals surface area contributed by atoms with Crippen LogP contribution in [0.25, 0.3) is 11.0 Å². The third kappa shape index (κ3) is 2.88. The van der Waals surface area contributed by atoms with Crippen LogP contribution < -0.4 is 5.32 Å². The molecule has 0 radical (unpaired) electrons. The zero-order valence-corrected chi connectivity index (χ0v) is 13.6. The summed E-state index contributed by atoms with van der Waals surface area (Å²) in [5, 5.41) is 9.39. The number of para-hydroxylation sites is 1. The molecule has 0 unspecified atom stereocenters. The summed E-state index contributed by atoms with van der Waals surface area (Å²) in [6.45, 7) is 5.91. The molecule has 1 atom stereocenters. The molecule has 4 rings (SSSR count). The molecule has 0 spiro atoms. The van der Waals surface area contributed by atoms with Gasteiger partial charge in [-0.15, -0.1) is 0 Å². The largest absolute Gasteiger partial charge is 0.460 e. The van der Waals surface area contributed by atoms with Gasteiger partial charge in [0.15, 0.2) is 5.82 Å². The molecule has 2 aromatic heterocycles. The van der Waals surface area contributed by atoms with Gasteiger partial charge in [-0.2, -0.15) is 5.10 Å². The van der Waals surface area contributed by atoms with Gasteiger partial charge in [-0.1, -0.05) is 32.0 Å². The zero-order chi connectivity index (χ0) is 15.8. The van der Waals surface area contributed by atoms with Crippen molar-refractivity contribution in [3.63, 3.8) is 0 Å². The van der Waals surface area contributed by atoms with E-state index in [0.717, 1.165) is 54.3 Å². The van der Waals surface area contributed by atoms with Crippen LogP contribution in [0.1, 0.15) is 43.6 Å². The molecule has 0 amide bonds.